The Morgan fingerprint density at radius 3 is 2.56 bits per heavy atom. The standard InChI is InChI=1S/C9H15N3OS.2ClH/c1-6(10)9(13)12(3)4-8-7(2)11-5-14-8;;/h5-6H,4,10H2,1-3H3;2*1H/t6-;;/m0../s1. The number of carbonyl (C=O) groups excluding carboxylic acids is 1. The van der Waals surface area contributed by atoms with E-state index in [0.29, 0.717) is 6.54 Å². The van der Waals surface area contributed by atoms with Gasteiger partial charge in [0, 0.05) is 11.9 Å². The van der Waals surface area contributed by atoms with Gasteiger partial charge in [-0.2, -0.15) is 0 Å². The van der Waals surface area contributed by atoms with E-state index < -0.39 is 6.04 Å². The first-order valence-electron chi connectivity index (χ1n) is 4.42. The summed E-state index contributed by atoms with van der Waals surface area (Å²) in [6, 6.07) is -0.437. The summed E-state index contributed by atoms with van der Waals surface area (Å²) in [5, 5.41) is 0. The number of hydrogen-bond donors (Lipinski definition) is 1. The Bertz CT molecular complexity index is 330. The molecule has 94 valence electrons. The van der Waals surface area contributed by atoms with Crippen LogP contribution in [0.3, 0.4) is 0 Å². The predicted molar refractivity (Wildman–Crippen MR) is 71.5 cm³/mol. The Kier molecular flexibility index (Phi) is 8.83. The van der Waals surface area contributed by atoms with Crippen molar-refractivity contribution < 1.29 is 4.79 Å². The van der Waals surface area contributed by atoms with Crippen molar-refractivity contribution in [2.75, 3.05) is 7.05 Å². The molecule has 7 heteroatoms. The molecule has 0 aliphatic rings. The summed E-state index contributed by atoms with van der Waals surface area (Å²) in [5.74, 6) is -0.0437. The molecule has 0 saturated carbocycles. The van der Waals surface area contributed by atoms with Crippen LogP contribution in [0.1, 0.15) is 17.5 Å². The van der Waals surface area contributed by atoms with Crippen LogP contribution in [0, 0.1) is 6.92 Å². The first-order chi connectivity index (χ1) is 6.52. The zero-order valence-corrected chi connectivity index (χ0v) is 11.9. The molecule has 1 amide bonds. The van der Waals surface area contributed by atoms with Crippen molar-refractivity contribution in [2.24, 2.45) is 5.73 Å². The number of aryl methyl sites for hydroxylation is 1. The zero-order chi connectivity index (χ0) is 10.7. The van der Waals surface area contributed by atoms with E-state index in [1.54, 1.807) is 35.7 Å². The van der Waals surface area contributed by atoms with Gasteiger partial charge in [0.05, 0.1) is 23.8 Å². The normalized spacial score (nSPS) is 11.0. The van der Waals surface area contributed by atoms with E-state index in [-0.39, 0.29) is 30.7 Å². The highest BCUT2D eigenvalue weighted by molar-refractivity contribution is 7.09. The van der Waals surface area contributed by atoms with E-state index in [1.165, 1.54) is 0 Å². The fourth-order valence-corrected chi connectivity index (χ4v) is 1.95. The van der Waals surface area contributed by atoms with Gasteiger partial charge in [-0.15, -0.1) is 36.2 Å². The zero-order valence-electron chi connectivity index (χ0n) is 9.47. The van der Waals surface area contributed by atoms with Gasteiger partial charge in [-0.3, -0.25) is 4.79 Å². The van der Waals surface area contributed by atoms with Crippen LogP contribution in [0.5, 0.6) is 0 Å². The summed E-state index contributed by atoms with van der Waals surface area (Å²) in [5.41, 5.74) is 8.27. The van der Waals surface area contributed by atoms with Crippen molar-refractivity contribution in [3.63, 3.8) is 0 Å². The van der Waals surface area contributed by atoms with Gasteiger partial charge >= 0.3 is 0 Å². The molecule has 0 spiro atoms. The van der Waals surface area contributed by atoms with Gasteiger partial charge in [0.2, 0.25) is 5.91 Å². The minimum Gasteiger partial charge on any atom is -0.339 e. The molecule has 0 radical (unpaired) electrons. The quantitative estimate of drug-likeness (QED) is 0.918. The van der Waals surface area contributed by atoms with Gasteiger partial charge in [0.25, 0.3) is 0 Å². The summed E-state index contributed by atoms with van der Waals surface area (Å²) in [6.07, 6.45) is 0. The summed E-state index contributed by atoms with van der Waals surface area (Å²) < 4.78 is 0. The molecule has 0 bridgehead atoms. The molecule has 2 N–H and O–H groups in total. The first-order valence-corrected chi connectivity index (χ1v) is 5.30. The minimum atomic E-state index is -0.437. The smallest absolute Gasteiger partial charge is 0.239 e. The third kappa shape index (κ3) is 4.65. The van der Waals surface area contributed by atoms with Crippen LogP contribution in [0.25, 0.3) is 0 Å². The number of nitrogens with zero attached hydrogens (tertiary/aromatic N) is 2. The number of carbonyl (C=O) groups is 1. The lowest BCUT2D eigenvalue weighted by molar-refractivity contribution is -0.131. The number of rotatable bonds is 3. The lowest BCUT2D eigenvalue weighted by atomic mass is 10.3. The topological polar surface area (TPSA) is 59.2 Å². The van der Waals surface area contributed by atoms with Crippen LogP contribution in [-0.2, 0) is 11.3 Å². The molecule has 0 aliphatic heterocycles. The van der Waals surface area contributed by atoms with Crippen LogP contribution in [0.2, 0.25) is 0 Å². The van der Waals surface area contributed by atoms with E-state index in [1.807, 2.05) is 6.92 Å². The first kappa shape index (κ1) is 18.0. The summed E-state index contributed by atoms with van der Waals surface area (Å²) >= 11 is 1.56. The molecule has 4 nitrogen and oxygen atoms in total. The highest BCUT2D eigenvalue weighted by atomic mass is 35.5. The maximum absolute atomic E-state index is 11.5. The van der Waals surface area contributed by atoms with E-state index in [2.05, 4.69) is 4.98 Å². The summed E-state index contributed by atoms with van der Waals surface area (Å²) in [6.45, 7) is 4.23. The van der Waals surface area contributed by atoms with Crippen molar-refractivity contribution in [3.05, 3.63) is 16.1 Å². The fourth-order valence-electron chi connectivity index (χ4n) is 1.12. The Hall–Kier alpha value is -0.360. The molecule has 0 unspecified atom stereocenters. The monoisotopic (exact) mass is 285 g/mol. The molecule has 16 heavy (non-hydrogen) atoms. The number of hydrogen-bond acceptors (Lipinski definition) is 4. The Morgan fingerprint density at radius 2 is 2.19 bits per heavy atom. The number of nitrogens with two attached hydrogens (primary N) is 1. The Balaban J connectivity index is 0. The number of thiazole rings is 1. The fraction of sp³-hybridized carbons (Fsp3) is 0.556. The molecule has 0 fully saturated rings. The molecule has 0 saturated heterocycles. The second kappa shape index (κ2) is 7.84. The Labute approximate surface area is 112 Å². The lowest BCUT2D eigenvalue weighted by Crippen LogP contribution is -2.39. The van der Waals surface area contributed by atoms with Crippen LogP contribution < -0.4 is 5.73 Å². The van der Waals surface area contributed by atoms with Crippen LogP contribution in [0.4, 0.5) is 0 Å². The van der Waals surface area contributed by atoms with Crippen LogP contribution in [0.15, 0.2) is 5.51 Å². The van der Waals surface area contributed by atoms with Gasteiger partial charge in [0.15, 0.2) is 0 Å². The average molecular weight is 286 g/mol. The van der Waals surface area contributed by atoms with Crippen molar-refractivity contribution in [1.82, 2.24) is 9.88 Å². The predicted octanol–water partition coefficient (Wildman–Crippen LogP) is 1.60. The van der Waals surface area contributed by atoms with Gasteiger partial charge in [-0.05, 0) is 13.8 Å². The van der Waals surface area contributed by atoms with E-state index in [9.17, 15) is 4.79 Å². The second-order valence-corrected chi connectivity index (χ2v) is 4.28. The van der Waals surface area contributed by atoms with Crippen molar-refractivity contribution >= 4 is 42.1 Å². The summed E-state index contributed by atoms with van der Waals surface area (Å²) in [4.78, 5) is 18.3. The molecule has 1 aromatic rings. The molecular weight excluding hydrogens is 269 g/mol. The SMILES string of the molecule is Cc1ncsc1CN(C)C(=O)[C@H](C)N.Cl.Cl. The van der Waals surface area contributed by atoms with E-state index in [0.717, 1.165) is 10.6 Å². The molecule has 0 aliphatic carbocycles. The maximum Gasteiger partial charge on any atom is 0.239 e. The third-order valence-electron chi connectivity index (χ3n) is 1.99. The number of likely N-dealkylation sites (N-methyl/N-ethyl adjacent to an activating group) is 1. The van der Waals surface area contributed by atoms with Gasteiger partial charge in [-0.1, -0.05) is 0 Å². The molecule has 1 heterocycles. The highest BCUT2D eigenvalue weighted by Gasteiger charge is 2.14. The molecule has 1 atom stereocenters. The lowest BCUT2D eigenvalue weighted by Gasteiger charge is -2.18. The van der Waals surface area contributed by atoms with E-state index >= 15 is 0 Å². The van der Waals surface area contributed by atoms with Crippen LogP contribution >= 0.6 is 36.2 Å². The summed E-state index contributed by atoms with van der Waals surface area (Å²) in [7, 11) is 1.75. The minimum absolute atomic E-state index is 0. The average Bonchev–Trinajstić information content (AvgIpc) is 2.50. The van der Waals surface area contributed by atoms with Crippen LogP contribution in [-0.4, -0.2) is 28.9 Å². The largest absolute Gasteiger partial charge is 0.339 e. The second-order valence-electron chi connectivity index (χ2n) is 3.34. The molecular formula is C9H17Cl2N3OS. The molecule has 0 aromatic carbocycles. The number of halogens is 2. The maximum atomic E-state index is 11.5. The number of amides is 1. The highest BCUT2D eigenvalue weighted by Crippen LogP contribution is 2.14. The molecule has 1 rings (SSSR count). The van der Waals surface area contributed by atoms with Gasteiger partial charge in [0.1, 0.15) is 0 Å². The van der Waals surface area contributed by atoms with Crippen molar-refractivity contribution in [3.8, 4) is 0 Å². The molecule has 1 aromatic heterocycles. The van der Waals surface area contributed by atoms with Gasteiger partial charge in [-0.25, -0.2) is 4.98 Å². The van der Waals surface area contributed by atoms with Crippen molar-refractivity contribution in [1.29, 1.82) is 0 Å². The van der Waals surface area contributed by atoms with Gasteiger partial charge < -0.3 is 10.6 Å². The Morgan fingerprint density at radius 1 is 1.62 bits per heavy atom. The van der Waals surface area contributed by atoms with Crippen molar-refractivity contribution in [2.45, 2.75) is 26.4 Å². The number of aromatic nitrogens is 1. The third-order valence-corrected chi connectivity index (χ3v) is 2.91. The van der Waals surface area contributed by atoms with E-state index in [4.69, 9.17) is 5.73 Å².